The van der Waals surface area contributed by atoms with Gasteiger partial charge in [-0.05, 0) is 54.4 Å². The summed E-state index contributed by atoms with van der Waals surface area (Å²) in [4.78, 5) is 12.8. The molecule has 0 saturated carbocycles. The van der Waals surface area contributed by atoms with Crippen molar-refractivity contribution in [3.63, 3.8) is 0 Å². The Morgan fingerprint density at radius 1 is 1.06 bits per heavy atom. The predicted octanol–water partition coefficient (Wildman–Crippen LogP) is 4.71. The van der Waals surface area contributed by atoms with Crippen LogP contribution in [0.3, 0.4) is 0 Å². The zero-order valence-corrected chi connectivity index (χ0v) is 20.7. The molecule has 1 heterocycles. The summed E-state index contributed by atoms with van der Waals surface area (Å²) < 4.78 is 27.3. The van der Waals surface area contributed by atoms with Gasteiger partial charge in [-0.3, -0.25) is 4.79 Å². The topological polar surface area (TPSA) is 66.5 Å². The van der Waals surface area contributed by atoms with Crippen LogP contribution in [0.5, 0.6) is 0 Å². The van der Waals surface area contributed by atoms with E-state index in [-0.39, 0.29) is 29.0 Å². The maximum Gasteiger partial charge on any atom is 0.223 e. The summed E-state index contributed by atoms with van der Waals surface area (Å²) in [6.07, 6.45) is 1.10. The SMILES string of the molecule is Cc1ccccc1CS(=O)(=O)N1CCC(C(=O)N[C@@H](C)c2ccc(C(C)(C)C)cc2)CC1. The van der Waals surface area contributed by atoms with Crippen LogP contribution in [-0.2, 0) is 26.0 Å². The van der Waals surface area contributed by atoms with Gasteiger partial charge in [0.05, 0.1) is 11.8 Å². The van der Waals surface area contributed by atoms with Crippen molar-refractivity contribution in [1.82, 2.24) is 9.62 Å². The normalized spacial score (nSPS) is 17.2. The second-order valence-corrected chi connectivity index (χ2v) is 11.9. The molecule has 1 atom stereocenters. The molecule has 1 N–H and O–H groups in total. The molecule has 0 radical (unpaired) electrons. The Balaban J connectivity index is 1.54. The second kappa shape index (κ2) is 9.75. The molecule has 1 amide bonds. The number of carbonyl (C=O) groups is 1. The van der Waals surface area contributed by atoms with Crippen molar-refractivity contribution in [2.24, 2.45) is 5.92 Å². The molecule has 0 unspecified atom stereocenters. The number of hydrogen-bond acceptors (Lipinski definition) is 3. The van der Waals surface area contributed by atoms with Crippen LogP contribution in [0.1, 0.15) is 68.8 Å². The van der Waals surface area contributed by atoms with Crippen LogP contribution in [0.15, 0.2) is 48.5 Å². The number of carbonyl (C=O) groups excluding carboxylic acids is 1. The number of aryl methyl sites for hydroxylation is 1. The molecule has 5 nitrogen and oxygen atoms in total. The molecule has 0 bridgehead atoms. The molecule has 6 heteroatoms. The molecular weight excluding hydrogens is 420 g/mol. The van der Waals surface area contributed by atoms with Gasteiger partial charge in [0.2, 0.25) is 15.9 Å². The summed E-state index contributed by atoms with van der Waals surface area (Å²) in [5.74, 6) is -0.137. The van der Waals surface area contributed by atoms with Crippen molar-refractivity contribution in [2.45, 2.75) is 64.7 Å². The first kappa shape index (κ1) is 24.5. The van der Waals surface area contributed by atoms with E-state index in [4.69, 9.17) is 0 Å². The van der Waals surface area contributed by atoms with Crippen LogP contribution >= 0.6 is 0 Å². The third kappa shape index (κ3) is 5.99. The Hall–Kier alpha value is -2.18. The molecule has 1 aliphatic rings. The maximum atomic E-state index is 12.9. The fraction of sp³-hybridized carbons (Fsp3) is 0.500. The fourth-order valence-corrected chi connectivity index (χ4v) is 5.81. The molecule has 3 rings (SSSR count). The minimum atomic E-state index is -3.39. The van der Waals surface area contributed by atoms with Crippen molar-refractivity contribution in [2.75, 3.05) is 13.1 Å². The van der Waals surface area contributed by atoms with Gasteiger partial charge in [-0.15, -0.1) is 0 Å². The highest BCUT2D eigenvalue weighted by Crippen LogP contribution is 2.26. The van der Waals surface area contributed by atoms with Gasteiger partial charge < -0.3 is 5.32 Å². The number of sulfonamides is 1. The third-order valence-electron chi connectivity index (χ3n) is 6.45. The van der Waals surface area contributed by atoms with E-state index in [2.05, 4.69) is 50.4 Å². The van der Waals surface area contributed by atoms with Gasteiger partial charge in [0, 0.05) is 19.0 Å². The Morgan fingerprint density at radius 3 is 2.22 bits per heavy atom. The molecule has 1 saturated heterocycles. The molecule has 32 heavy (non-hydrogen) atoms. The van der Waals surface area contributed by atoms with Crippen LogP contribution in [-0.4, -0.2) is 31.7 Å². The number of rotatable bonds is 6. The minimum Gasteiger partial charge on any atom is -0.349 e. The molecule has 174 valence electrons. The zero-order valence-electron chi connectivity index (χ0n) is 19.9. The summed E-state index contributed by atoms with van der Waals surface area (Å²) >= 11 is 0. The number of piperidine rings is 1. The van der Waals surface area contributed by atoms with Crippen LogP contribution in [0.4, 0.5) is 0 Å². The lowest BCUT2D eigenvalue weighted by molar-refractivity contribution is -0.126. The predicted molar refractivity (Wildman–Crippen MR) is 130 cm³/mol. The lowest BCUT2D eigenvalue weighted by Crippen LogP contribution is -2.43. The van der Waals surface area contributed by atoms with Crippen LogP contribution < -0.4 is 5.32 Å². The fourth-order valence-electron chi connectivity index (χ4n) is 4.14. The first-order valence-electron chi connectivity index (χ1n) is 11.4. The number of amides is 1. The van der Waals surface area contributed by atoms with E-state index < -0.39 is 10.0 Å². The third-order valence-corrected chi connectivity index (χ3v) is 8.28. The molecule has 2 aromatic rings. The van der Waals surface area contributed by atoms with Gasteiger partial charge in [0.15, 0.2) is 0 Å². The highest BCUT2D eigenvalue weighted by molar-refractivity contribution is 7.88. The number of nitrogens with one attached hydrogen (secondary N) is 1. The van der Waals surface area contributed by atoms with Crippen molar-refractivity contribution in [1.29, 1.82) is 0 Å². The van der Waals surface area contributed by atoms with Crippen LogP contribution in [0.25, 0.3) is 0 Å². The summed E-state index contributed by atoms with van der Waals surface area (Å²) in [6.45, 7) is 11.2. The summed E-state index contributed by atoms with van der Waals surface area (Å²) in [5.41, 5.74) is 4.25. The maximum absolute atomic E-state index is 12.9. The molecule has 0 aliphatic carbocycles. The van der Waals surface area contributed by atoms with E-state index in [1.54, 1.807) is 0 Å². The van der Waals surface area contributed by atoms with Gasteiger partial charge >= 0.3 is 0 Å². The molecule has 0 spiro atoms. The molecule has 2 aromatic carbocycles. The highest BCUT2D eigenvalue weighted by atomic mass is 32.2. The molecule has 1 fully saturated rings. The first-order valence-corrected chi connectivity index (χ1v) is 13.0. The van der Waals surface area contributed by atoms with E-state index in [1.165, 1.54) is 9.87 Å². The Morgan fingerprint density at radius 2 is 1.66 bits per heavy atom. The van der Waals surface area contributed by atoms with E-state index in [1.807, 2.05) is 38.1 Å². The zero-order chi connectivity index (χ0) is 23.5. The quantitative estimate of drug-likeness (QED) is 0.684. The summed E-state index contributed by atoms with van der Waals surface area (Å²) in [6, 6.07) is 15.9. The van der Waals surface area contributed by atoms with Crippen LogP contribution in [0, 0.1) is 12.8 Å². The first-order chi connectivity index (χ1) is 15.0. The van der Waals surface area contributed by atoms with Gasteiger partial charge in [0.25, 0.3) is 0 Å². The van der Waals surface area contributed by atoms with E-state index in [9.17, 15) is 13.2 Å². The largest absolute Gasteiger partial charge is 0.349 e. The molecule has 0 aromatic heterocycles. The lowest BCUT2D eigenvalue weighted by atomic mass is 9.86. The second-order valence-electron chi connectivity index (χ2n) is 9.96. The van der Waals surface area contributed by atoms with Crippen molar-refractivity contribution < 1.29 is 13.2 Å². The Labute approximate surface area is 193 Å². The van der Waals surface area contributed by atoms with E-state index in [0.29, 0.717) is 25.9 Å². The number of hydrogen-bond donors (Lipinski definition) is 1. The standard InChI is InChI=1S/C26H36N2O3S/c1-19-8-6-7-9-23(19)18-32(30,31)28-16-14-22(15-17-28)25(29)27-20(2)21-10-12-24(13-11-21)26(3,4)5/h6-13,20,22H,14-18H2,1-5H3,(H,27,29)/t20-/m0/s1. The van der Waals surface area contributed by atoms with Gasteiger partial charge in [-0.2, -0.15) is 0 Å². The Bertz CT molecular complexity index is 1030. The molecular formula is C26H36N2O3S. The van der Waals surface area contributed by atoms with Gasteiger partial charge in [0.1, 0.15) is 0 Å². The average molecular weight is 457 g/mol. The van der Waals surface area contributed by atoms with Crippen molar-refractivity contribution >= 4 is 15.9 Å². The molecule has 1 aliphatic heterocycles. The highest BCUT2D eigenvalue weighted by Gasteiger charge is 2.31. The van der Waals surface area contributed by atoms with Gasteiger partial charge in [-0.1, -0.05) is 69.3 Å². The smallest absolute Gasteiger partial charge is 0.223 e. The summed E-state index contributed by atoms with van der Waals surface area (Å²) in [7, 11) is -3.39. The van der Waals surface area contributed by atoms with Crippen molar-refractivity contribution in [3.8, 4) is 0 Å². The monoisotopic (exact) mass is 456 g/mol. The van der Waals surface area contributed by atoms with Crippen LogP contribution in [0.2, 0.25) is 0 Å². The van der Waals surface area contributed by atoms with E-state index in [0.717, 1.165) is 16.7 Å². The number of nitrogens with zero attached hydrogens (tertiary/aromatic N) is 1. The minimum absolute atomic E-state index is 0.00773. The number of benzene rings is 2. The Kier molecular flexibility index (Phi) is 7.46. The lowest BCUT2D eigenvalue weighted by Gasteiger charge is -2.31. The van der Waals surface area contributed by atoms with E-state index >= 15 is 0 Å². The average Bonchev–Trinajstić information content (AvgIpc) is 2.75. The summed E-state index contributed by atoms with van der Waals surface area (Å²) in [5, 5.41) is 3.12. The van der Waals surface area contributed by atoms with Crippen molar-refractivity contribution in [3.05, 3.63) is 70.8 Å². The van der Waals surface area contributed by atoms with Gasteiger partial charge in [-0.25, -0.2) is 12.7 Å².